The van der Waals surface area contributed by atoms with E-state index in [1.54, 1.807) is 48.5 Å². The summed E-state index contributed by atoms with van der Waals surface area (Å²) in [5, 5.41) is 7.47. The smallest absolute Gasteiger partial charge is 0.196 e. The van der Waals surface area contributed by atoms with Gasteiger partial charge in [-0.25, -0.2) is 0 Å². The number of rotatable bonds is 4. The lowest BCUT2D eigenvalue weighted by Gasteiger charge is -2.24. The summed E-state index contributed by atoms with van der Waals surface area (Å²) < 4.78 is 0. The molecule has 5 rings (SSSR count). The minimum atomic E-state index is -0.229. The first-order valence-corrected chi connectivity index (χ1v) is 10.7. The molecule has 0 aromatic heterocycles. The predicted octanol–water partition coefficient (Wildman–Crippen LogP) is 7.26. The molecule has 0 spiro atoms. The van der Waals surface area contributed by atoms with Crippen LogP contribution < -0.4 is 10.6 Å². The summed E-state index contributed by atoms with van der Waals surface area (Å²) in [6.45, 7) is 0. The van der Waals surface area contributed by atoms with Crippen LogP contribution in [0.1, 0.15) is 31.8 Å². The molecule has 4 aromatic rings. The largest absolute Gasteiger partial charge is 0.354 e. The molecule has 1 aliphatic rings. The van der Waals surface area contributed by atoms with Gasteiger partial charge < -0.3 is 10.6 Å². The third-order valence-corrected chi connectivity index (χ3v) is 6.02. The van der Waals surface area contributed by atoms with E-state index < -0.39 is 0 Å². The van der Waals surface area contributed by atoms with Crippen LogP contribution in [0.2, 0.25) is 10.0 Å². The molecule has 0 bridgehead atoms. The van der Waals surface area contributed by atoms with Gasteiger partial charge in [0.15, 0.2) is 11.6 Å². The maximum absolute atomic E-state index is 13.5. The second kappa shape index (κ2) is 8.15. The van der Waals surface area contributed by atoms with Gasteiger partial charge in [0.2, 0.25) is 0 Å². The molecular weight excluding hydrogens is 443 g/mol. The zero-order valence-corrected chi connectivity index (χ0v) is 18.2. The highest BCUT2D eigenvalue weighted by atomic mass is 35.5. The van der Waals surface area contributed by atoms with Crippen molar-refractivity contribution in [2.24, 2.45) is 0 Å². The van der Waals surface area contributed by atoms with E-state index in [0.717, 1.165) is 0 Å². The third-order valence-electron chi connectivity index (χ3n) is 5.36. The Kier molecular flexibility index (Phi) is 5.17. The Morgan fingerprint density at radius 3 is 1.25 bits per heavy atom. The van der Waals surface area contributed by atoms with Crippen LogP contribution in [0.25, 0.3) is 0 Å². The van der Waals surface area contributed by atoms with E-state index in [1.807, 2.05) is 36.4 Å². The van der Waals surface area contributed by atoms with Gasteiger partial charge in [0.05, 0.1) is 43.9 Å². The molecule has 32 heavy (non-hydrogen) atoms. The molecule has 0 aliphatic heterocycles. The standard InChI is InChI=1S/C26H16Cl2N2O2/c27-17-9-3-5-11-19(17)29-21-13-14-22(30-20-12-6-4-10-18(20)28)24-23(21)25(31)15-7-1-2-8-16(15)26(24)32/h1-14,29-30H. The van der Waals surface area contributed by atoms with Crippen LogP contribution in [0.15, 0.2) is 84.9 Å². The molecule has 0 atom stereocenters. The Labute approximate surface area is 194 Å². The maximum Gasteiger partial charge on any atom is 0.196 e. The van der Waals surface area contributed by atoms with Crippen LogP contribution in [0.5, 0.6) is 0 Å². The minimum absolute atomic E-state index is 0.229. The molecule has 0 saturated carbocycles. The molecule has 2 N–H and O–H groups in total. The second-order valence-electron chi connectivity index (χ2n) is 7.32. The van der Waals surface area contributed by atoms with Crippen LogP contribution in [0.4, 0.5) is 22.7 Å². The monoisotopic (exact) mass is 458 g/mol. The van der Waals surface area contributed by atoms with E-state index in [1.165, 1.54) is 0 Å². The molecule has 156 valence electrons. The molecule has 0 radical (unpaired) electrons. The Hall–Kier alpha value is -3.60. The topological polar surface area (TPSA) is 58.2 Å². The van der Waals surface area contributed by atoms with Gasteiger partial charge in [-0.15, -0.1) is 0 Å². The van der Waals surface area contributed by atoms with Gasteiger partial charge in [0.25, 0.3) is 0 Å². The van der Waals surface area contributed by atoms with Crippen molar-refractivity contribution in [3.8, 4) is 0 Å². The Balaban J connectivity index is 1.70. The number of halogens is 2. The fourth-order valence-corrected chi connectivity index (χ4v) is 4.21. The lowest BCUT2D eigenvalue weighted by molar-refractivity contribution is 0.0980. The quantitative estimate of drug-likeness (QED) is 0.297. The number of carbonyl (C=O) groups is 2. The highest BCUT2D eigenvalue weighted by Gasteiger charge is 2.34. The lowest BCUT2D eigenvalue weighted by Crippen LogP contribution is -2.23. The Morgan fingerprint density at radius 2 is 0.844 bits per heavy atom. The zero-order chi connectivity index (χ0) is 22.2. The normalized spacial score (nSPS) is 12.2. The number of anilines is 4. The van der Waals surface area contributed by atoms with Crippen LogP contribution in [0.3, 0.4) is 0 Å². The van der Waals surface area contributed by atoms with Crippen molar-refractivity contribution in [3.63, 3.8) is 0 Å². The molecule has 0 fully saturated rings. The summed E-state index contributed by atoms with van der Waals surface area (Å²) in [5.41, 5.74) is 3.64. The van der Waals surface area contributed by atoms with Crippen molar-refractivity contribution < 1.29 is 9.59 Å². The summed E-state index contributed by atoms with van der Waals surface area (Å²) in [4.78, 5) is 27.1. The van der Waals surface area contributed by atoms with E-state index in [-0.39, 0.29) is 11.6 Å². The van der Waals surface area contributed by atoms with Crippen LogP contribution in [-0.4, -0.2) is 11.6 Å². The fourth-order valence-electron chi connectivity index (χ4n) is 3.85. The van der Waals surface area contributed by atoms with Gasteiger partial charge in [-0.2, -0.15) is 0 Å². The van der Waals surface area contributed by atoms with Gasteiger partial charge in [0, 0.05) is 11.1 Å². The summed E-state index contributed by atoms with van der Waals surface area (Å²) >= 11 is 12.6. The summed E-state index contributed by atoms with van der Waals surface area (Å²) in [5.74, 6) is -0.458. The first kappa shape index (κ1) is 20.3. The van der Waals surface area contributed by atoms with Crippen molar-refractivity contribution in [1.82, 2.24) is 0 Å². The van der Waals surface area contributed by atoms with Gasteiger partial charge in [-0.05, 0) is 36.4 Å². The van der Waals surface area contributed by atoms with Gasteiger partial charge in [-0.3, -0.25) is 9.59 Å². The predicted molar refractivity (Wildman–Crippen MR) is 129 cm³/mol. The number of carbonyl (C=O) groups excluding carboxylic acids is 2. The number of fused-ring (bicyclic) bond motifs is 2. The Bertz CT molecular complexity index is 1290. The Morgan fingerprint density at radius 1 is 0.469 bits per heavy atom. The van der Waals surface area contributed by atoms with E-state index in [2.05, 4.69) is 10.6 Å². The SMILES string of the molecule is O=C1c2ccccc2C(=O)c2c(Nc3ccccc3Cl)ccc(Nc3ccccc3Cl)c21. The van der Waals surface area contributed by atoms with Gasteiger partial charge in [0.1, 0.15) is 0 Å². The van der Waals surface area contributed by atoms with Crippen LogP contribution in [0, 0.1) is 0 Å². The summed E-state index contributed by atoms with van der Waals surface area (Å²) in [7, 11) is 0. The number of hydrogen-bond acceptors (Lipinski definition) is 4. The van der Waals surface area contributed by atoms with Gasteiger partial charge >= 0.3 is 0 Å². The number of nitrogens with one attached hydrogen (secondary N) is 2. The number of benzene rings is 4. The van der Waals surface area contributed by atoms with Crippen LogP contribution >= 0.6 is 23.2 Å². The first-order valence-electron chi connectivity index (χ1n) is 9.93. The molecule has 4 nitrogen and oxygen atoms in total. The summed E-state index contributed by atoms with van der Waals surface area (Å²) in [6, 6.07) is 24.9. The number of ketones is 2. The van der Waals surface area contributed by atoms with E-state index in [0.29, 0.717) is 55.0 Å². The molecule has 0 amide bonds. The molecule has 1 aliphatic carbocycles. The highest BCUT2D eigenvalue weighted by molar-refractivity contribution is 6.35. The number of para-hydroxylation sites is 2. The van der Waals surface area contributed by atoms with Crippen molar-refractivity contribution in [2.75, 3.05) is 10.6 Å². The highest BCUT2D eigenvalue weighted by Crippen LogP contribution is 2.40. The van der Waals surface area contributed by atoms with Gasteiger partial charge in [-0.1, -0.05) is 71.7 Å². The lowest BCUT2D eigenvalue weighted by atomic mass is 9.82. The van der Waals surface area contributed by atoms with Crippen molar-refractivity contribution in [3.05, 3.63) is 117 Å². The molecular formula is C26H16Cl2N2O2. The average Bonchev–Trinajstić information content (AvgIpc) is 2.81. The van der Waals surface area contributed by atoms with E-state index >= 15 is 0 Å². The number of hydrogen-bond donors (Lipinski definition) is 2. The maximum atomic E-state index is 13.5. The van der Waals surface area contributed by atoms with Crippen molar-refractivity contribution in [2.45, 2.75) is 0 Å². The summed E-state index contributed by atoms with van der Waals surface area (Å²) in [6.07, 6.45) is 0. The fraction of sp³-hybridized carbons (Fsp3) is 0. The second-order valence-corrected chi connectivity index (χ2v) is 8.14. The molecule has 0 saturated heterocycles. The average molecular weight is 459 g/mol. The van der Waals surface area contributed by atoms with E-state index in [4.69, 9.17) is 23.2 Å². The molecule has 6 heteroatoms. The minimum Gasteiger partial charge on any atom is -0.354 e. The molecule has 0 unspecified atom stereocenters. The van der Waals surface area contributed by atoms with Crippen LogP contribution in [-0.2, 0) is 0 Å². The third kappa shape index (κ3) is 3.44. The molecule has 4 aromatic carbocycles. The van der Waals surface area contributed by atoms with Crippen molar-refractivity contribution in [1.29, 1.82) is 0 Å². The van der Waals surface area contributed by atoms with Crippen molar-refractivity contribution >= 4 is 57.5 Å². The molecule has 0 heterocycles. The zero-order valence-electron chi connectivity index (χ0n) is 16.7. The first-order chi connectivity index (χ1) is 15.5. The van der Waals surface area contributed by atoms with E-state index in [9.17, 15) is 9.59 Å².